The molecule has 0 aromatic heterocycles. The molecule has 0 saturated heterocycles. The molecule has 1 heterocycles. The van der Waals surface area contributed by atoms with Gasteiger partial charge in [-0.05, 0) is 24.3 Å². The number of anilines is 2. The van der Waals surface area contributed by atoms with Gasteiger partial charge in [-0.1, -0.05) is 29.8 Å². The number of amides is 1. The molecule has 0 radical (unpaired) electrons. The Hall–Kier alpha value is -2.40. The lowest BCUT2D eigenvalue weighted by Crippen LogP contribution is -2.15. The lowest BCUT2D eigenvalue weighted by molar-refractivity contribution is -0.110. The first-order valence-corrected chi connectivity index (χ1v) is 6.22. The van der Waals surface area contributed by atoms with Crippen LogP contribution in [0.2, 0.25) is 5.02 Å². The van der Waals surface area contributed by atoms with Crippen LogP contribution in [0.3, 0.4) is 0 Å². The van der Waals surface area contributed by atoms with Crippen molar-refractivity contribution >= 4 is 34.6 Å². The molecule has 0 fully saturated rings. The molecule has 20 heavy (non-hydrogen) atoms. The van der Waals surface area contributed by atoms with E-state index in [1.165, 1.54) is 18.2 Å². The zero-order valence-corrected chi connectivity index (χ0v) is 10.9. The van der Waals surface area contributed by atoms with Gasteiger partial charge in [0.2, 0.25) is 0 Å². The number of rotatable bonds is 2. The number of para-hydroxylation sites is 1. The highest BCUT2D eigenvalue weighted by atomic mass is 35.5. The van der Waals surface area contributed by atoms with Gasteiger partial charge in [-0.2, -0.15) is 5.10 Å². The molecule has 1 aliphatic heterocycles. The van der Waals surface area contributed by atoms with Crippen LogP contribution in [0.15, 0.2) is 47.6 Å². The Morgan fingerprint density at radius 1 is 1.20 bits per heavy atom. The Labute approximate surface area is 119 Å². The molecule has 1 aliphatic rings. The molecule has 100 valence electrons. The van der Waals surface area contributed by atoms with Gasteiger partial charge in [-0.3, -0.25) is 10.2 Å². The Morgan fingerprint density at radius 2 is 2.00 bits per heavy atom. The molecule has 3 rings (SSSR count). The Balaban J connectivity index is 1.89. The van der Waals surface area contributed by atoms with Gasteiger partial charge < -0.3 is 5.32 Å². The summed E-state index contributed by atoms with van der Waals surface area (Å²) in [4.78, 5) is 11.8. The monoisotopic (exact) mass is 289 g/mol. The summed E-state index contributed by atoms with van der Waals surface area (Å²) in [6.45, 7) is 0. The molecule has 0 atom stereocenters. The van der Waals surface area contributed by atoms with Crippen molar-refractivity contribution < 1.29 is 9.18 Å². The zero-order chi connectivity index (χ0) is 14.1. The van der Waals surface area contributed by atoms with Gasteiger partial charge >= 0.3 is 0 Å². The van der Waals surface area contributed by atoms with E-state index in [9.17, 15) is 9.18 Å². The number of hydrogen-bond donors (Lipinski definition) is 2. The minimum atomic E-state index is -0.506. The summed E-state index contributed by atoms with van der Waals surface area (Å²) in [6.07, 6.45) is 0. The molecule has 6 heteroatoms. The third-order valence-corrected chi connectivity index (χ3v) is 3.15. The molecule has 2 aromatic carbocycles. The first-order valence-electron chi connectivity index (χ1n) is 5.84. The molecule has 0 saturated carbocycles. The van der Waals surface area contributed by atoms with Crippen LogP contribution in [0.25, 0.3) is 0 Å². The summed E-state index contributed by atoms with van der Waals surface area (Å²) in [7, 11) is 0. The smallest absolute Gasteiger partial charge is 0.276 e. The second-order valence-electron chi connectivity index (χ2n) is 4.20. The normalized spacial score (nSPS) is 15.1. The van der Waals surface area contributed by atoms with Crippen LogP contribution in [0.1, 0.15) is 5.56 Å². The fraction of sp³-hybridized carbons (Fsp3) is 0. The number of hydrogen-bond acceptors (Lipinski definition) is 3. The second kappa shape index (κ2) is 4.94. The van der Waals surface area contributed by atoms with Crippen molar-refractivity contribution in [2.45, 2.75) is 0 Å². The Kier molecular flexibility index (Phi) is 3.12. The summed E-state index contributed by atoms with van der Waals surface area (Å²) in [5.74, 6) is -0.791. The summed E-state index contributed by atoms with van der Waals surface area (Å²) in [6, 6.07) is 11.4. The first kappa shape index (κ1) is 12.6. The number of carbonyl (C=O) groups is 1. The van der Waals surface area contributed by atoms with Crippen molar-refractivity contribution in [3.05, 3.63) is 58.9 Å². The SMILES string of the molecule is O=C1Nc2ccccc2/C1=N\Nc1ccc(F)c(Cl)c1. The van der Waals surface area contributed by atoms with Gasteiger partial charge in [-0.15, -0.1) is 0 Å². The third kappa shape index (κ3) is 2.23. The molecule has 2 N–H and O–H groups in total. The number of carbonyl (C=O) groups excluding carboxylic acids is 1. The molecule has 2 aromatic rings. The van der Waals surface area contributed by atoms with Crippen LogP contribution in [0, 0.1) is 5.82 Å². The molecule has 0 spiro atoms. The predicted octanol–water partition coefficient (Wildman–Crippen LogP) is 3.25. The van der Waals surface area contributed by atoms with Crippen molar-refractivity contribution in [1.29, 1.82) is 0 Å². The number of halogens is 2. The van der Waals surface area contributed by atoms with E-state index in [0.717, 1.165) is 11.3 Å². The molecular weight excluding hydrogens is 281 g/mol. The maximum Gasteiger partial charge on any atom is 0.276 e. The average Bonchev–Trinajstić information content (AvgIpc) is 2.76. The van der Waals surface area contributed by atoms with Crippen LogP contribution in [-0.4, -0.2) is 11.6 Å². The van der Waals surface area contributed by atoms with Crippen molar-refractivity contribution in [2.24, 2.45) is 5.10 Å². The van der Waals surface area contributed by atoms with Gasteiger partial charge in [0.05, 0.1) is 16.4 Å². The van der Waals surface area contributed by atoms with Gasteiger partial charge in [0, 0.05) is 5.56 Å². The van der Waals surface area contributed by atoms with Gasteiger partial charge in [0.25, 0.3) is 5.91 Å². The number of nitrogens with one attached hydrogen (secondary N) is 2. The Bertz CT molecular complexity index is 730. The minimum absolute atomic E-state index is 0.00789. The zero-order valence-electron chi connectivity index (χ0n) is 10.2. The highest BCUT2D eigenvalue weighted by Crippen LogP contribution is 2.23. The number of benzene rings is 2. The van der Waals surface area contributed by atoms with Gasteiger partial charge in [0.15, 0.2) is 5.71 Å². The van der Waals surface area contributed by atoms with E-state index in [1.54, 1.807) is 12.1 Å². The molecule has 0 aliphatic carbocycles. The second-order valence-corrected chi connectivity index (χ2v) is 4.61. The average molecular weight is 290 g/mol. The fourth-order valence-electron chi connectivity index (χ4n) is 1.90. The highest BCUT2D eigenvalue weighted by molar-refractivity contribution is 6.53. The van der Waals surface area contributed by atoms with Crippen LogP contribution in [0.5, 0.6) is 0 Å². The maximum atomic E-state index is 13.0. The summed E-state index contributed by atoms with van der Waals surface area (Å²) >= 11 is 5.68. The maximum absolute atomic E-state index is 13.0. The molecule has 1 amide bonds. The van der Waals surface area contributed by atoms with Crippen molar-refractivity contribution in [3.63, 3.8) is 0 Å². The lowest BCUT2D eigenvalue weighted by atomic mass is 10.1. The van der Waals surface area contributed by atoms with Gasteiger partial charge in [0.1, 0.15) is 5.82 Å². The third-order valence-electron chi connectivity index (χ3n) is 2.86. The van der Waals surface area contributed by atoms with E-state index in [4.69, 9.17) is 11.6 Å². The largest absolute Gasteiger partial charge is 0.320 e. The first-order chi connectivity index (χ1) is 9.65. The molecule has 4 nitrogen and oxygen atoms in total. The summed E-state index contributed by atoms with van der Waals surface area (Å²) in [5, 5.41) is 6.76. The predicted molar refractivity (Wildman–Crippen MR) is 76.6 cm³/mol. The number of nitrogens with zero attached hydrogens (tertiary/aromatic N) is 1. The lowest BCUT2D eigenvalue weighted by Gasteiger charge is -2.02. The Morgan fingerprint density at radius 3 is 2.80 bits per heavy atom. The summed E-state index contributed by atoms with van der Waals surface area (Å²) < 4.78 is 13.0. The van der Waals surface area contributed by atoms with Crippen molar-refractivity contribution in [3.8, 4) is 0 Å². The van der Waals surface area contributed by atoms with E-state index in [1.807, 2.05) is 12.1 Å². The topological polar surface area (TPSA) is 53.5 Å². The van der Waals surface area contributed by atoms with Crippen LogP contribution in [0.4, 0.5) is 15.8 Å². The van der Waals surface area contributed by atoms with Crippen molar-refractivity contribution in [1.82, 2.24) is 0 Å². The van der Waals surface area contributed by atoms with Crippen molar-refractivity contribution in [2.75, 3.05) is 10.7 Å². The van der Waals surface area contributed by atoms with E-state index in [0.29, 0.717) is 5.69 Å². The van der Waals surface area contributed by atoms with E-state index in [2.05, 4.69) is 15.8 Å². The minimum Gasteiger partial charge on any atom is -0.320 e. The quantitative estimate of drug-likeness (QED) is 0.834. The molecule has 0 unspecified atom stereocenters. The van der Waals surface area contributed by atoms with Crippen LogP contribution < -0.4 is 10.7 Å². The van der Waals surface area contributed by atoms with E-state index < -0.39 is 5.82 Å². The van der Waals surface area contributed by atoms with E-state index in [-0.39, 0.29) is 16.6 Å². The van der Waals surface area contributed by atoms with Crippen LogP contribution >= 0.6 is 11.6 Å². The molecular formula is C14H9ClFN3O. The fourth-order valence-corrected chi connectivity index (χ4v) is 2.08. The summed E-state index contributed by atoms with van der Waals surface area (Å²) in [5.41, 5.74) is 4.92. The van der Waals surface area contributed by atoms with Crippen LogP contribution in [-0.2, 0) is 4.79 Å². The molecule has 0 bridgehead atoms. The van der Waals surface area contributed by atoms with Gasteiger partial charge in [-0.25, -0.2) is 4.39 Å². The standard InChI is InChI=1S/C14H9ClFN3O/c15-10-7-8(5-6-11(10)16)18-19-13-9-3-1-2-4-12(9)17-14(13)20/h1-7,18H,(H,17,19,20). The number of fused-ring (bicyclic) bond motifs is 1. The number of hydrazone groups is 1. The van der Waals surface area contributed by atoms with E-state index >= 15 is 0 Å². The highest BCUT2D eigenvalue weighted by Gasteiger charge is 2.25.